The van der Waals surface area contributed by atoms with Crippen LogP contribution in [-0.4, -0.2) is 44.7 Å². The van der Waals surface area contributed by atoms with Gasteiger partial charge in [-0.25, -0.2) is 8.42 Å². The number of nitrogens with zero attached hydrogens (tertiary/aromatic N) is 1. The highest BCUT2D eigenvalue weighted by atomic mass is 32.2. The summed E-state index contributed by atoms with van der Waals surface area (Å²) in [6, 6.07) is 13.3. The molecule has 2 N–H and O–H groups in total. The van der Waals surface area contributed by atoms with Gasteiger partial charge in [-0.3, -0.25) is 9.59 Å². The van der Waals surface area contributed by atoms with Crippen LogP contribution < -0.4 is 15.4 Å². The number of sulfonamides is 1. The van der Waals surface area contributed by atoms with Crippen molar-refractivity contribution in [1.29, 1.82) is 0 Å². The molecule has 1 aliphatic heterocycles. The second-order valence-electron chi connectivity index (χ2n) is 7.08. The SMILES string of the molecule is COc1ccc(NC(C)=O)cc1NC(=O)C1CCN(S(=O)(=O)c2ccccc2)CC1. The van der Waals surface area contributed by atoms with Crippen LogP contribution in [-0.2, 0) is 19.6 Å². The summed E-state index contributed by atoms with van der Waals surface area (Å²) in [6.07, 6.45) is 0.844. The second-order valence-corrected chi connectivity index (χ2v) is 9.01. The normalized spacial score (nSPS) is 15.4. The van der Waals surface area contributed by atoms with Crippen LogP contribution in [0.5, 0.6) is 5.75 Å². The zero-order chi connectivity index (χ0) is 21.7. The molecule has 0 saturated carbocycles. The van der Waals surface area contributed by atoms with Crippen LogP contribution in [0.3, 0.4) is 0 Å². The van der Waals surface area contributed by atoms with E-state index in [4.69, 9.17) is 4.74 Å². The van der Waals surface area contributed by atoms with Crippen LogP contribution in [0, 0.1) is 5.92 Å². The maximum absolute atomic E-state index is 12.8. The lowest BCUT2D eigenvalue weighted by Gasteiger charge is -2.30. The van der Waals surface area contributed by atoms with E-state index in [0.717, 1.165) is 0 Å². The summed E-state index contributed by atoms with van der Waals surface area (Å²) < 4.78 is 32.2. The van der Waals surface area contributed by atoms with Crippen LogP contribution >= 0.6 is 0 Å². The van der Waals surface area contributed by atoms with Crippen molar-refractivity contribution in [2.45, 2.75) is 24.7 Å². The van der Waals surface area contributed by atoms with E-state index in [-0.39, 0.29) is 35.7 Å². The molecule has 0 radical (unpaired) electrons. The first kappa shape index (κ1) is 21.8. The molecule has 2 aromatic carbocycles. The van der Waals surface area contributed by atoms with Gasteiger partial charge in [0.25, 0.3) is 0 Å². The number of nitrogens with one attached hydrogen (secondary N) is 2. The number of ether oxygens (including phenoxy) is 1. The number of hydrogen-bond acceptors (Lipinski definition) is 5. The molecule has 9 heteroatoms. The van der Waals surface area contributed by atoms with Crippen LogP contribution in [0.4, 0.5) is 11.4 Å². The van der Waals surface area contributed by atoms with Gasteiger partial charge in [0.05, 0.1) is 17.7 Å². The van der Waals surface area contributed by atoms with Gasteiger partial charge >= 0.3 is 0 Å². The molecule has 0 aliphatic carbocycles. The minimum Gasteiger partial charge on any atom is -0.495 e. The molecule has 0 unspecified atom stereocenters. The Bertz CT molecular complexity index is 1020. The number of carbonyl (C=O) groups is 2. The summed E-state index contributed by atoms with van der Waals surface area (Å²) in [4.78, 5) is 24.3. The lowest BCUT2D eigenvalue weighted by molar-refractivity contribution is -0.121. The molecule has 2 amide bonds. The maximum Gasteiger partial charge on any atom is 0.243 e. The summed E-state index contributed by atoms with van der Waals surface area (Å²) in [6.45, 7) is 1.95. The molecule has 1 heterocycles. The number of anilines is 2. The molecule has 0 aromatic heterocycles. The van der Waals surface area contributed by atoms with E-state index >= 15 is 0 Å². The van der Waals surface area contributed by atoms with E-state index < -0.39 is 10.0 Å². The quantitative estimate of drug-likeness (QED) is 0.732. The summed E-state index contributed by atoms with van der Waals surface area (Å²) in [7, 11) is -2.06. The molecule has 1 aliphatic rings. The van der Waals surface area contributed by atoms with Crippen LogP contribution in [0.2, 0.25) is 0 Å². The molecular weight excluding hydrogens is 406 g/mol. The van der Waals surface area contributed by atoms with Gasteiger partial charge in [0, 0.05) is 31.6 Å². The lowest BCUT2D eigenvalue weighted by Crippen LogP contribution is -2.41. The Morgan fingerprint density at radius 1 is 1.03 bits per heavy atom. The Morgan fingerprint density at radius 3 is 2.30 bits per heavy atom. The van der Waals surface area contributed by atoms with Crippen LogP contribution in [0.15, 0.2) is 53.4 Å². The molecule has 2 aromatic rings. The summed E-state index contributed by atoms with van der Waals surface area (Å²) in [5.41, 5.74) is 0.996. The van der Waals surface area contributed by atoms with Crippen LogP contribution in [0.25, 0.3) is 0 Å². The molecule has 8 nitrogen and oxygen atoms in total. The summed E-state index contributed by atoms with van der Waals surface area (Å²) >= 11 is 0. The first-order valence-electron chi connectivity index (χ1n) is 9.63. The van der Waals surface area contributed by atoms with Gasteiger partial charge in [-0.05, 0) is 43.2 Å². The number of methoxy groups -OCH3 is 1. The van der Waals surface area contributed by atoms with Crippen molar-refractivity contribution in [2.75, 3.05) is 30.8 Å². The lowest BCUT2D eigenvalue weighted by atomic mass is 9.97. The van der Waals surface area contributed by atoms with Gasteiger partial charge in [-0.15, -0.1) is 0 Å². The third kappa shape index (κ3) is 4.98. The molecule has 0 atom stereocenters. The molecule has 0 bridgehead atoms. The summed E-state index contributed by atoms with van der Waals surface area (Å²) in [5.74, 6) is -0.266. The molecule has 0 spiro atoms. The molecule has 3 rings (SSSR count). The number of amides is 2. The molecule has 1 saturated heterocycles. The van der Waals surface area contributed by atoms with E-state index in [0.29, 0.717) is 30.0 Å². The zero-order valence-corrected chi connectivity index (χ0v) is 17.7. The fourth-order valence-corrected chi connectivity index (χ4v) is 4.91. The Hall–Kier alpha value is -2.91. The Balaban J connectivity index is 1.65. The Kier molecular flexibility index (Phi) is 6.73. The third-order valence-corrected chi connectivity index (χ3v) is 6.90. The predicted octanol–water partition coefficient (Wildman–Crippen LogP) is 2.69. The first-order valence-corrected chi connectivity index (χ1v) is 11.1. The average molecular weight is 432 g/mol. The second kappa shape index (κ2) is 9.27. The van der Waals surface area contributed by atoms with Crippen molar-refractivity contribution in [3.05, 3.63) is 48.5 Å². The number of hydrogen-bond donors (Lipinski definition) is 2. The van der Waals surface area contributed by atoms with Crippen molar-refractivity contribution in [2.24, 2.45) is 5.92 Å². The number of carbonyl (C=O) groups excluding carboxylic acids is 2. The number of piperidine rings is 1. The minimum absolute atomic E-state index is 0.204. The summed E-state index contributed by atoms with van der Waals surface area (Å²) in [5, 5.41) is 5.51. The third-order valence-electron chi connectivity index (χ3n) is 4.98. The van der Waals surface area contributed by atoms with Gasteiger partial charge in [-0.2, -0.15) is 4.31 Å². The molecule has 1 fully saturated rings. The fourth-order valence-electron chi connectivity index (χ4n) is 3.42. The van der Waals surface area contributed by atoms with E-state index in [2.05, 4.69) is 10.6 Å². The van der Waals surface area contributed by atoms with E-state index in [9.17, 15) is 18.0 Å². The van der Waals surface area contributed by atoms with Crippen molar-refractivity contribution in [3.8, 4) is 5.75 Å². The fraction of sp³-hybridized carbons (Fsp3) is 0.333. The van der Waals surface area contributed by atoms with Gasteiger partial charge in [0.2, 0.25) is 21.8 Å². The molecule has 160 valence electrons. The molecular formula is C21H25N3O5S. The standard InChI is InChI=1S/C21H25N3O5S/c1-15(25)22-17-8-9-20(29-2)19(14-17)23-21(26)16-10-12-24(13-11-16)30(27,28)18-6-4-3-5-7-18/h3-9,14,16H,10-13H2,1-2H3,(H,22,25)(H,23,26). The highest BCUT2D eigenvalue weighted by molar-refractivity contribution is 7.89. The van der Waals surface area contributed by atoms with Gasteiger partial charge in [0.15, 0.2) is 0 Å². The zero-order valence-electron chi connectivity index (χ0n) is 16.9. The Labute approximate surface area is 176 Å². The van der Waals surface area contributed by atoms with Crippen molar-refractivity contribution in [3.63, 3.8) is 0 Å². The van der Waals surface area contributed by atoms with E-state index in [1.807, 2.05) is 0 Å². The van der Waals surface area contributed by atoms with Crippen LogP contribution in [0.1, 0.15) is 19.8 Å². The number of benzene rings is 2. The van der Waals surface area contributed by atoms with Crippen molar-refractivity contribution in [1.82, 2.24) is 4.31 Å². The van der Waals surface area contributed by atoms with Gasteiger partial charge in [0.1, 0.15) is 5.75 Å². The monoisotopic (exact) mass is 431 g/mol. The van der Waals surface area contributed by atoms with Crippen molar-refractivity contribution >= 4 is 33.2 Å². The van der Waals surface area contributed by atoms with Gasteiger partial charge in [-0.1, -0.05) is 18.2 Å². The van der Waals surface area contributed by atoms with Crippen molar-refractivity contribution < 1.29 is 22.7 Å². The average Bonchev–Trinajstić information content (AvgIpc) is 2.74. The Morgan fingerprint density at radius 2 is 1.70 bits per heavy atom. The van der Waals surface area contributed by atoms with E-state index in [1.165, 1.54) is 18.3 Å². The highest BCUT2D eigenvalue weighted by Gasteiger charge is 2.32. The minimum atomic E-state index is -3.56. The smallest absolute Gasteiger partial charge is 0.243 e. The first-order chi connectivity index (χ1) is 14.3. The molecule has 30 heavy (non-hydrogen) atoms. The number of rotatable bonds is 6. The predicted molar refractivity (Wildman–Crippen MR) is 114 cm³/mol. The van der Waals surface area contributed by atoms with E-state index in [1.54, 1.807) is 48.5 Å². The highest BCUT2D eigenvalue weighted by Crippen LogP contribution is 2.30. The van der Waals surface area contributed by atoms with Gasteiger partial charge < -0.3 is 15.4 Å². The topological polar surface area (TPSA) is 105 Å². The largest absolute Gasteiger partial charge is 0.495 e. The maximum atomic E-state index is 12.8.